The molecule has 0 N–H and O–H groups in total. The number of hydrogen-bond acceptors (Lipinski definition) is 0. The number of nitrogens with zero attached hydrogens (tertiary/aromatic N) is 4. The van der Waals surface area contributed by atoms with Crippen molar-refractivity contribution in [1.29, 1.82) is 0 Å². The van der Waals surface area contributed by atoms with Crippen molar-refractivity contribution in [3.8, 4) is 0 Å². The van der Waals surface area contributed by atoms with Gasteiger partial charge in [-0.3, -0.25) is 0 Å². The highest BCUT2D eigenvalue weighted by Crippen LogP contribution is 2.12. The summed E-state index contributed by atoms with van der Waals surface area (Å²) in [5, 5.41) is 0. The molecule has 4 nitrogen and oxygen atoms in total. The predicted octanol–water partition coefficient (Wildman–Crippen LogP) is -2.36. The highest BCUT2D eigenvalue weighted by molar-refractivity contribution is 4.79. The topological polar surface area (TPSA) is 17.6 Å². The molecule has 0 bridgehead atoms. The van der Waals surface area contributed by atoms with E-state index in [1.807, 2.05) is 0 Å². The van der Waals surface area contributed by atoms with E-state index in [0.29, 0.717) is 0 Å². The molecule has 2 heterocycles. The van der Waals surface area contributed by atoms with Crippen LogP contribution in [0, 0.1) is 0 Å². The van der Waals surface area contributed by atoms with Crippen LogP contribution in [-0.4, -0.2) is 9.13 Å². The Morgan fingerprint density at radius 3 is 1.23 bits per heavy atom. The number of halogens is 2. The molecule has 0 radical (unpaired) electrons. The van der Waals surface area contributed by atoms with E-state index in [1.54, 1.807) is 0 Å². The van der Waals surface area contributed by atoms with E-state index < -0.39 is 0 Å². The van der Waals surface area contributed by atoms with Gasteiger partial charge in [0.05, 0.1) is 13.1 Å². The summed E-state index contributed by atoms with van der Waals surface area (Å²) in [6.07, 6.45) is 18.3. The van der Waals surface area contributed by atoms with E-state index in [4.69, 9.17) is 0 Å². The zero-order valence-corrected chi connectivity index (χ0v) is 21.6. The van der Waals surface area contributed by atoms with Crippen molar-refractivity contribution in [2.75, 3.05) is 0 Å². The number of unbranched alkanes of at least 4 members (excludes halogenated alkanes) is 3. The molecule has 0 aliphatic carbocycles. The molecule has 0 saturated heterocycles. The van der Waals surface area contributed by atoms with Gasteiger partial charge in [-0.25, -0.2) is 18.3 Å². The average Bonchev–Trinajstić information content (AvgIpc) is 3.10. The zero-order chi connectivity index (χ0) is 17.8. The summed E-state index contributed by atoms with van der Waals surface area (Å²) in [7, 11) is 0. The van der Waals surface area contributed by atoms with Gasteiger partial charge in [0.2, 0.25) is 12.7 Å². The minimum atomic E-state index is 0. The predicted molar refractivity (Wildman–Crippen MR) is 97.7 cm³/mol. The molecule has 2 rings (SSSR count). The zero-order valence-electron chi connectivity index (χ0n) is 17.3. The summed E-state index contributed by atoms with van der Waals surface area (Å²) < 4.78 is 9.18. The van der Waals surface area contributed by atoms with Gasteiger partial charge < -0.3 is 48.0 Å². The number of hydrogen-bond donors (Lipinski definition) is 0. The highest BCUT2D eigenvalue weighted by atomic mass is 127. The summed E-state index contributed by atoms with van der Waals surface area (Å²) >= 11 is 0. The van der Waals surface area contributed by atoms with E-state index in [-0.39, 0.29) is 59.0 Å². The summed E-state index contributed by atoms with van der Waals surface area (Å²) in [5.41, 5.74) is 0.345. The van der Waals surface area contributed by atoms with Crippen LogP contribution >= 0.6 is 0 Å². The molecule has 0 spiro atoms. The molecule has 26 heavy (non-hydrogen) atoms. The third-order valence-electron chi connectivity index (χ3n) is 4.51. The lowest BCUT2D eigenvalue weighted by atomic mass is 10.1. The van der Waals surface area contributed by atoms with Crippen LogP contribution in [0.5, 0.6) is 0 Å². The molecular formula is C20H36I2N4. The molecule has 0 fully saturated rings. The Bertz CT molecular complexity index is 577. The Kier molecular flexibility index (Phi) is 11.0. The lowest BCUT2D eigenvalue weighted by Gasteiger charge is -2.13. The van der Waals surface area contributed by atoms with E-state index in [2.05, 4.69) is 97.3 Å². The number of aryl methyl sites for hydroxylation is 2. The van der Waals surface area contributed by atoms with Gasteiger partial charge >= 0.3 is 0 Å². The van der Waals surface area contributed by atoms with Gasteiger partial charge in [0.15, 0.2) is 0 Å². The molecule has 0 amide bonds. The Morgan fingerprint density at radius 2 is 0.962 bits per heavy atom. The van der Waals surface area contributed by atoms with Crippen molar-refractivity contribution in [3.63, 3.8) is 0 Å². The molecular weight excluding hydrogens is 550 g/mol. The molecule has 0 aliphatic heterocycles. The lowest BCUT2D eigenvalue weighted by molar-refractivity contribution is -0.698. The van der Waals surface area contributed by atoms with Gasteiger partial charge in [0.1, 0.15) is 35.9 Å². The molecule has 0 aromatic carbocycles. The average molecular weight is 586 g/mol. The minimum Gasteiger partial charge on any atom is -1.00 e. The maximum atomic E-state index is 2.31. The monoisotopic (exact) mass is 586 g/mol. The maximum Gasteiger partial charge on any atom is 0.244 e. The fraction of sp³-hybridized carbons (Fsp3) is 0.700. The number of imidazole rings is 2. The normalized spacial score (nSPS) is 11.8. The first-order valence-electron chi connectivity index (χ1n) is 9.31. The number of rotatable bonds is 7. The van der Waals surface area contributed by atoms with Crippen molar-refractivity contribution < 1.29 is 57.1 Å². The van der Waals surface area contributed by atoms with Crippen LogP contribution in [0.2, 0.25) is 0 Å². The summed E-state index contributed by atoms with van der Waals surface area (Å²) in [4.78, 5) is 0. The molecule has 0 saturated carbocycles. The van der Waals surface area contributed by atoms with E-state index in [0.717, 1.165) is 13.1 Å². The van der Waals surface area contributed by atoms with Crippen LogP contribution in [0.1, 0.15) is 67.2 Å². The van der Waals surface area contributed by atoms with E-state index in [9.17, 15) is 0 Å². The van der Waals surface area contributed by atoms with Crippen molar-refractivity contribution in [2.24, 2.45) is 0 Å². The van der Waals surface area contributed by atoms with Gasteiger partial charge in [-0.15, -0.1) is 0 Å². The smallest absolute Gasteiger partial charge is 0.244 e. The second-order valence-corrected chi connectivity index (χ2v) is 8.87. The fourth-order valence-corrected chi connectivity index (χ4v) is 2.79. The molecule has 150 valence electrons. The van der Waals surface area contributed by atoms with Crippen molar-refractivity contribution >= 4 is 0 Å². The van der Waals surface area contributed by atoms with E-state index >= 15 is 0 Å². The third-order valence-corrected chi connectivity index (χ3v) is 4.51. The second kappa shape index (κ2) is 11.0. The lowest BCUT2D eigenvalue weighted by Crippen LogP contribution is -3.00. The fourth-order valence-electron chi connectivity index (χ4n) is 2.79. The quantitative estimate of drug-likeness (QED) is 0.197. The van der Waals surface area contributed by atoms with Crippen molar-refractivity contribution in [2.45, 2.75) is 91.4 Å². The molecule has 2 aromatic heterocycles. The summed E-state index contributed by atoms with van der Waals surface area (Å²) in [6, 6.07) is 0. The Labute approximate surface area is 194 Å². The van der Waals surface area contributed by atoms with Gasteiger partial charge in [-0.05, 0) is 67.2 Å². The van der Waals surface area contributed by atoms with Crippen LogP contribution in [0.3, 0.4) is 0 Å². The van der Waals surface area contributed by atoms with Gasteiger partial charge in [-0.2, -0.15) is 0 Å². The molecule has 0 unspecified atom stereocenters. The Hall–Kier alpha value is -0.120. The molecule has 0 aliphatic rings. The van der Waals surface area contributed by atoms with Crippen LogP contribution in [0.4, 0.5) is 0 Å². The Balaban J connectivity index is 0.00000312. The molecule has 6 heteroatoms. The molecule has 2 aromatic rings. The van der Waals surface area contributed by atoms with Gasteiger partial charge in [0.25, 0.3) is 0 Å². The van der Waals surface area contributed by atoms with Crippen molar-refractivity contribution in [1.82, 2.24) is 9.13 Å². The van der Waals surface area contributed by atoms with Crippen molar-refractivity contribution in [3.05, 3.63) is 37.4 Å². The number of aromatic nitrogens is 4. The Morgan fingerprint density at radius 1 is 0.615 bits per heavy atom. The van der Waals surface area contributed by atoms with Crippen LogP contribution < -0.4 is 57.1 Å². The van der Waals surface area contributed by atoms with Gasteiger partial charge in [-0.1, -0.05) is 0 Å². The first kappa shape index (κ1) is 25.9. The minimum absolute atomic E-state index is 0. The van der Waals surface area contributed by atoms with Crippen LogP contribution in [-0.2, 0) is 24.2 Å². The van der Waals surface area contributed by atoms with Crippen LogP contribution in [0.15, 0.2) is 37.4 Å². The van der Waals surface area contributed by atoms with Gasteiger partial charge in [0, 0.05) is 0 Å². The third kappa shape index (κ3) is 8.27. The van der Waals surface area contributed by atoms with E-state index in [1.165, 1.54) is 25.7 Å². The summed E-state index contributed by atoms with van der Waals surface area (Å²) in [5.74, 6) is 0. The highest BCUT2D eigenvalue weighted by Gasteiger charge is 2.19. The first-order valence-corrected chi connectivity index (χ1v) is 9.31. The second-order valence-electron chi connectivity index (χ2n) is 8.87. The standard InChI is InChI=1S/C20H36N4.2HI/c1-19(2,3)23-15-13-21(17-23)11-9-7-8-10-12-22-14-16-24(18-22)20(4,5)6;;/h13-18H,7-12H2,1-6H3;2*1H/q+2;;/p-2. The SMILES string of the molecule is CC(C)(C)n1cc[n+](CCCCCC[n+]2ccn(C(C)(C)C)c2)c1.[I-].[I-]. The summed E-state index contributed by atoms with van der Waals surface area (Å²) in [6.45, 7) is 15.7. The maximum absolute atomic E-state index is 2.31. The first-order chi connectivity index (χ1) is 11.2. The van der Waals surface area contributed by atoms with Crippen LogP contribution in [0.25, 0.3) is 0 Å². The molecule has 0 atom stereocenters. The largest absolute Gasteiger partial charge is 1.00 e.